The highest BCUT2D eigenvalue weighted by Gasteiger charge is 2.08. The predicted octanol–water partition coefficient (Wildman–Crippen LogP) is 2.40. The highest BCUT2D eigenvalue weighted by Crippen LogP contribution is 2.21. The molecule has 16 heavy (non-hydrogen) atoms. The quantitative estimate of drug-likeness (QED) is 0.870. The van der Waals surface area contributed by atoms with E-state index in [0.29, 0.717) is 11.4 Å². The van der Waals surface area contributed by atoms with Crippen LogP contribution in [-0.4, -0.2) is 9.78 Å². The first-order valence-corrected chi connectivity index (χ1v) is 5.43. The second-order valence-corrected chi connectivity index (χ2v) is 4.29. The van der Waals surface area contributed by atoms with Crippen molar-refractivity contribution in [1.29, 1.82) is 5.26 Å². The van der Waals surface area contributed by atoms with E-state index >= 15 is 0 Å². The molecule has 0 radical (unpaired) electrons. The maximum atomic E-state index is 9.05. The van der Waals surface area contributed by atoms with Crippen molar-refractivity contribution in [2.45, 2.75) is 6.92 Å². The summed E-state index contributed by atoms with van der Waals surface area (Å²) in [6.07, 6.45) is 1.74. The third kappa shape index (κ3) is 1.79. The number of hydrogen-bond donors (Lipinski definition) is 1. The van der Waals surface area contributed by atoms with Crippen LogP contribution in [0.1, 0.15) is 11.1 Å². The van der Waals surface area contributed by atoms with Gasteiger partial charge in [-0.3, -0.25) is 0 Å². The average Bonchev–Trinajstić information content (AvgIpc) is 2.59. The summed E-state index contributed by atoms with van der Waals surface area (Å²) in [4.78, 5) is 0. The molecule has 1 heterocycles. The zero-order valence-corrected chi connectivity index (χ0v) is 10.2. The minimum absolute atomic E-state index is 0.407. The molecule has 4 nitrogen and oxygen atoms in total. The van der Waals surface area contributed by atoms with E-state index in [4.69, 9.17) is 11.0 Å². The van der Waals surface area contributed by atoms with Crippen LogP contribution < -0.4 is 5.73 Å². The molecular weight excluding hydrogens is 268 g/mol. The summed E-state index contributed by atoms with van der Waals surface area (Å²) >= 11 is 3.28. The van der Waals surface area contributed by atoms with E-state index in [2.05, 4.69) is 27.1 Å². The number of hydrogen-bond acceptors (Lipinski definition) is 3. The summed E-state index contributed by atoms with van der Waals surface area (Å²) in [7, 11) is 0. The Morgan fingerprint density at radius 2 is 2.25 bits per heavy atom. The number of aryl methyl sites for hydroxylation is 1. The van der Waals surface area contributed by atoms with Gasteiger partial charge in [0, 0.05) is 6.20 Å². The molecule has 0 aliphatic heterocycles. The van der Waals surface area contributed by atoms with Crippen molar-refractivity contribution in [1.82, 2.24) is 9.78 Å². The minimum Gasteiger partial charge on any atom is -0.381 e. The lowest BCUT2D eigenvalue weighted by atomic mass is 10.1. The van der Waals surface area contributed by atoms with Gasteiger partial charge in [-0.15, -0.1) is 5.10 Å². The zero-order chi connectivity index (χ0) is 11.7. The number of nitrogens with zero attached hydrogens (tertiary/aromatic N) is 3. The molecule has 80 valence electrons. The summed E-state index contributed by atoms with van der Waals surface area (Å²) in [5.41, 5.74) is 7.98. The van der Waals surface area contributed by atoms with E-state index in [9.17, 15) is 0 Å². The number of anilines is 1. The van der Waals surface area contributed by atoms with Crippen LogP contribution in [0.2, 0.25) is 0 Å². The van der Waals surface area contributed by atoms with Crippen molar-refractivity contribution in [3.05, 3.63) is 40.0 Å². The third-order valence-electron chi connectivity index (χ3n) is 2.22. The topological polar surface area (TPSA) is 67.6 Å². The van der Waals surface area contributed by atoms with Gasteiger partial charge in [0.2, 0.25) is 0 Å². The van der Waals surface area contributed by atoms with Crippen LogP contribution in [0.25, 0.3) is 5.69 Å². The Kier molecular flexibility index (Phi) is 2.67. The van der Waals surface area contributed by atoms with Crippen LogP contribution in [0, 0.1) is 18.3 Å². The molecule has 0 amide bonds. The number of halogens is 1. The third-order valence-corrected chi connectivity index (χ3v) is 2.83. The van der Waals surface area contributed by atoms with Crippen molar-refractivity contribution in [3.8, 4) is 11.8 Å². The fourth-order valence-electron chi connectivity index (χ4n) is 1.43. The second-order valence-electron chi connectivity index (χ2n) is 3.44. The molecule has 5 heteroatoms. The number of rotatable bonds is 1. The number of aromatic nitrogens is 2. The highest BCUT2D eigenvalue weighted by molar-refractivity contribution is 9.10. The van der Waals surface area contributed by atoms with E-state index in [1.165, 1.54) is 0 Å². The lowest BCUT2D eigenvalue weighted by Gasteiger charge is -2.04. The Morgan fingerprint density at radius 1 is 1.50 bits per heavy atom. The van der Waals surface area contributed by atoms with E-state index in [-0.39, 0.29) is 0 Å². The molecule has 2 N–H and O–H groups in total. The van der Waals surface area contributed by atoms with Crippen LogP contribution in [0.3, 0.4) is 0 Å². The van der Waals surface area contributed by atoms with Crippen molar-refractivity contribution in [2.75, 3.05) is 5.73 Å². The summed E-state index contributed by atoms with van der Waals surface area (Å²) in [6.45, 7) is 1.94. The van der Waals surface area contributed by atoms with Gasteiger partial charge in [-0.2, -0.15) is 5.26 Å². The maximum Gasteiger partial charge on any atom is 0.160 e. The molecule has 0 saturated carbocycles. The number of nitriles is 1. The fraction of sp³-hybridized carbons (Fsp3) is 0.0909. The van der Waals surface area contributed by atoms with E-state index < -0.39 is 0 Å². The molecule has 0 aliphatic carbocycles. The average molecular weight is 277 g/mol. The SMILES string of the molecule is Cc1ccc(-n2cc(Br)c(N)n2)c(C#N)c1. The first-order chi connectivity index (χ1) is 7.61. The van der Waals surface area contributed by atoms with E-state index in [0.717, 1.165) is 15.7 Å². The van der Waals surface area contributed by atoms with Gasteiger partial charge in [-0.1, -0.05) is 6.07 Å². The molecule has 0 fully saturated rings. The van der Waals surface area contributed by atoms with E-state index in [1.807, 2.05) is 25.1 Å². The van der Waals surface area contributed by atoms with Crippen LogP contribution in [0.15, 0.2) is 28.9 Å². The zero-order valence-electron chi connectivity index (χ0n) is 8.61. The molecule has 1 aromatic carbocycles. The Labute approximate surface area is 101 Å². The molecule has 2 aromatic rings. The van der Waals surface area contributed by atoms with Crippen molar-refractivity contribution >= 4 is 21.7 Å². The first-order valence-electron chi connectivity index (χ1n) is 4.63. The first kappa shape index (κ1) is 10.7. The second kappa shape index (κ2) is 3.99. The molecular formula is C11H9BrN4. The van der Waals surface area contributed by atoms with Gasteiger partial charge >= 0.3 is 0 Å². The van der Waals surface area contributed by atoms with Crippen LogP contribution >= 0.6 is 15.9 Å². The largest absolute Gasteiger partial charge is 0.381 e. The lowest BCUT2D eigenvalue weighted by molar-refractivity contribution is 0.882. The van der Waals surface area contributed by atoms with Crippen LogP contribution in [0.4, 0.5) is 5.82 Å². The molecule has 0 atom stereocenters. The summed E-state index contributed by atoms with van der Waals surface area (Å²) in [6, 6.07) is 7.75. The fourth-order valence-corrected chi connectivity index (χ4v) is 1.70. The standard InChI is InChI=1S/C11H9BrN4/c1-7-2-3-10(8(4-7)5-13)16-6-9(12)11(14)15-16/h2-4,6H,1H3,(H2,14,15). The summed E-state index contributed by atoms with van der Waals surface area (Å²) in [5.74, 6) is 0.407. The molecule has 2 rings (SSSR count). The minimum atomic E-state index is 0.407. The molecule has 0 bridgehead atoms. The Balaban J connectivity index is 2.60. The number of benzene rings is 1. The summed E-state index contributed by atoms with van der Waals surface area (Å²) < 4.78 is 2.31. The molecule has 1 aromatic heterocycles. The van der Waals surface area contributed by atoms with Gasteiger partial charge in [0.05, 0.1) is 15.7 Å². The van der Waals surface area contributed by atoms with Crippen molar-refractivity contribution in [2.24, 2.45) is 0 Å². The van der Waals surface area contributed by atoms with Gasteiger partial charge < -0.3 is 5.73 Å². The predicted molar refractivity (Wildman–Crippen MR) is 65.1 cm³/mol. The van der Waals surface area contributed by atoms with E-state index in [1.54, 1.807) is 10.9 Å². The van der Waals surface area contributed by atoms with Gasteiger partial charge in [0.25, 0.3) is 0 Å². The summed E-state index contributed by atoms with van der Waals surface area (Å²) in [5, 5.41) is 13.2. The van der Waals surface area contributed by atoms with Gasteiger partial charge in [-0.05, 0) is 40.5 Å². The monoisotopic (exact) mass is 276 g/mol. The lowest BCUT2D eigenvalue weighted by Crippen LogP contribution is -1.99. The molecule has 0 saturated heterocycles. The van der Waals surface area contributed by atoms with Gasteiger partial charge in [0.15, 0.2) is 5.82 Å². The van der Waals surface area contributed by atoms with Crippen molar-refractivity contribution in [3.63, 3.8) is 0 Å². The molecule has 0 aliphatic rings. The normalized spacial score (nSPS) is 10.1. The van der Waals surface area contributed by atoms with Crippen LogP contribution in [0.5, 0.6) is 0 Å². The van der Waals surface area contributed by atoms with Crippen molar-refractivity contribution < 1.29 is 0 Å². The van der Waals surface area contributed by atoms with Gasteiger partial charge in [0.1, 0.15) is 6.07 Å². The smallest absolute Gasteiger partial charge is 0.160 e. The van der Waals surface area contributed by atoms with Crippen LogP contribution in [-0.2, 0) is 0 Å². The number of nitrogen functional groups attached to an aromatic ring is 1. The Hall–Kier alpha value is -1.80. The number of nitrogens with two attached hydrogens (primary N) is 1. The van der Waals surface area contributed by atoms with Gasteiger partial charge in [-0.25, -0.2) is 4.68 Å². The Morgan fingerprint density at radius 3 is 2.81 bits per heavy atom. The maximum absolute atomic E-state index is 9.05. The highest BCUT2D eigenvalue weighted by atomic mass is 79.9. The Bertz CT molecular complexity index is 561. The molecule has 0 unspecified atom stereocenters. The molecule has 0 spiro atoms.